The molecular weight excluding hydrogens is 240 g/mol. The number of carbonyl (C=O) groups excluding carboxylic acids is 1. The summed E-state index contributed by atoms with van der Waals surface area (Å²) in [6, 6.07) is -0.833. The van der Waals surface area contributed by atoms with E-state index in [2.05, 4.69) is 10.0 Å². The maximum Gasteiger partial charge on any atom is 0.320 e. The molecule has 0 aromatic rings. The van der Waals surface area contributed by atoms with Gasteiger partial charge in [-0.2, -0.15) is 0 Å². The summed E-state index contributed by atoms with van der Waals surface area (Å²) >= 11 is 0. The van der Waals surface area contributed by atoms with Crippen molar-refractivity contribution in [2.45, 2.75) is 38.1 Å². The second kappa shape index (κ2) is 10.4. The van der Waals surface area contributed by atoms with Crippen LogP contribution in [0, 0.1) is 0 Å². The lowest BCUT2D eigenvalue weighted by Crippen LogP contribution is -2.29. The molecule has 0 aromatic carbocycles. The molecule has 0 spiro atoms. The van der Waals surface area contributed by atoms with Crippen molar-refractivity contribution < 1.29 is 19.4 Å². The number of nitrogens with two attached hydrogens (primary N) is 1. The SMILES string of the molecule is [N-]=[N+]=NCCOC(=O)CCCCC[C@H](N)C(=O)O. The molecule has 0 bridgehead atoms. The fourth-order valence-electron chi connectivity index (χ4n) is 1.25. The van der Waals surface area contributed by atoms with Gasteiger partial charge in [-0.05, 0) is 18.4 Å². The Morgan fingerprint density at radius 1 is 1.39 bits per heavy atom. The number of hydrogen-bond donors (Lipinski definition) is 2. The highest BCUT2D eigenvalue weighted by Gasteiger charge is 2.10. The second-order valence-corrected chi connectivity index (χ2v) is 3.72. The molecule has 0 saturated heterocycles. The monoisotopic (exact) mass is 258 g/mol. The fraction of sp³-hybridized carbons (Fsp3) is 0.800. The van der Waals surface area contributed by atoms with Crippen LogP contribution in [0.3, 0.4) is 0 Å². The molecule has 3 N–H and O–H groups in total. The third kappa shape index (κ3) is 9.44. The van der Waals surface area contributed by atoms with Crippen LogP contribution in [0.25, 0.3) is 10.4 Å². The predicted molar refractivity (Wildman–Crippen MR) is 63.7 cm³/mol. The second-order valence-electron chi connectivity index (χ2n) is 3.72. The van der Waals surface area contributed by atoms with Gasteiger partial charge in [0, 0.05) is 11.3 Å². The number of aliphatic carboxylic acids is 1. The number of nitrogens with zero attached hydrogens (tertiary/aromatic N) is 3. The van der Waals surface area contributed by atoms with E-state index in [9.17, 15) is 9.59 Å². The van der Waals surface area contributed by atoms with Crippen molar-refractivity contribution in [3.63, 3.8) is 0 Å². The highest BCUT2D eigenvalue weighted by Crippen LogP contribution is 2.05. The largest absolute Gasteiger partial charge is 0.480 e. The van der Waals surface area contributed by atoms with Crippen LogP contribution in [0.2, 0.25) is 0 Å². The summed E-state index contributed by atoms with van der Waals surface area (Å²) in [5.41, 5.74) is 13.3. The zero-order valence-corrected chi connectivity index (χ0v) is 10.1. The molecule has 0 aliphatic rings. The molecule has 18 heavy (non-hydrogen) atoms. The van der Waals surface area contributed by atoms with Crippen molar-refractivity contribution in [2.24, 2.45) is 10.8 Å². The number of esters is 1. The summed E-state index contributed by atoms with van der Waals surface area (Å²) in [6.45, 7) is 0.225. The number of hydrogen-bond acceptors (Lipinski definition) is 5. The first-order valence-electron chi connectivity index (χ1n) is 5.72. The van der Waals surface area contributed by atoms with Crippen LogP contribution >= 0.6 is 0 Å². The summed E-state index contributed by atoms with van der Waals surface area (Å²) in [4.78, 5) is 24.1. The van der Waals surface area contributed by atoms with Crippen LogP contribution in [0.4, 0.5) is 0 Å². The Balaban J connectivity index is 3.40. The average molecular weight is 258 g/mol. The van der Waals surface area contributed by atoms with Crippen LogP contribution < -0.4 is 5.73 Å². The van der Waals surface area contributed by atoms with Crippen molar-refractivity contribution in [2.75, 3.05) is 13.2 Å². The molecule has 0 unspecified atom stereocenters. The quantitative estimate of drug-likeness (QED) is 0.199. The number of azide groups is 1. The van der Waals surface area contributed by atoms with E-state index in [4.69, 9.17) is 21.1 Å². The zero-order valence-electron chi connectivity index (χ0n) is 10.1. The third-order valence-corrected chi connectivity index (χ3v) is 2.23. The summed E-state index contributed by atoms with van der Waals surface area (Å²) in [5.74, 6) is -1.35. The Morgan fingerprint density at radius 3 is 2.72 bits per heavy atom. The van der Waals surface area contributed by atoms with Crippen molar-refractivity contribution in [3.8, 4) is 0 Å². The average Bonchev–Trinajstić information content (AvgIpc) is 2.33. The lowest BCUT2D eigenvalue weighted by molar-refractivity contribution is -0.143. The van der Waals surface area contributed by atoms with E-state index in [0.717, 1.165) is 6.42 Å². The molecule has 8 nitrogen and oxygen atoms in total. The van der Waals surface area contributed by atoms with E-state index in [1.807, 2.05) is 0 Å². The van der Waals surface area contributed by atoms with Gasteiger partial charge in [-0.1, -0.05) is 18.0 Å². The molecule has 0 rings (SSSR count). The van der Waals surface area contributed by atoms with Crippen LogP contribution in [0.5, 0.6) is 0 Å². The maximum absolute atomic E-state index is 11.1. The van der Waals surface area contributed by atoms with Crippen molar-refractivity contribution in [1.29, 1.82) is 0 Å². The van der Waals surface area contributed by atoms with Crippen LogP contribution in [0.1, 0.15) is 32.1 Å². The number of carbonyl (C=O) groups is 2. The summed E-state index contributed by atoms with van der Waals surface area (Å²) < 4.78 is 4.79. The molecule has 0 saturated carbocycles. The molecular formula is C10H18N4O4. The first-order chi connectivity index (χ1) is 8.57. The van der Waals surface area contributed by atoms with Gasteiger partial charge < -0.3 is 15.6 Å². The van der Waals surface area contributed by atoms with Gasteiger partial charge in [-0.15, -0.1) is 0 Å². The van der Waals surface area contributed by atoms with E-state index in [1.165, 1.54) is 0 Å². The van der Waals surface area contributed by atoms with Gasteiger partial charge in [-0.3, -0.25) is 9.59 Å². The Kier molecular flexibility index (Phi) is 9.34. The smallest absolute Gasteiger partial charge is 0.320 e. The highest BCUT2D eigenvalue weighted by molar-refractivity contribution is 5.72. The Labute approximate surface area is 105 Å². The lowest BCUT2D eigenvalue weighted by Gasteiger charge is -2.05. The molecule has 102 valence electrons. The van der Waals surface area contributed by atoms with Crippen molar-refractivity contribution in [3.05, 3.63) is 10.4 Å². The molecule has 0 amide bonds. The Hall–Kier alpha value is -1.79. The van der Waals surface area contributed by atoms with Crippen LogP contribution in [-0.4, -0.2) is 36.2 Å². The Morgan fingerprint density at radius 2 is 2.11 bits per heavy atom. The molecule has 0 heterocycles. The van der Waals surface area contributed by atoms with E-state index in [0.29, 0.717) is 19.3 Å². The van der Waals surface area contributed by atoms with Crippen LogP contribution in [0.15, 0.2) is 5.11 Å². The lowest BCUT2D eigenvalue weighted by atomic mass is 10.1. The van der Waals surface area contributed by atoms with Gasteiger partial charge in [0.25, 0.3) is 0 Å². The van der Waals surface area contributed by atoms with E-state index in [1.54, 1.807) is 0 Å². The standard InChI is InChI=1S/C10H18N4O4/c11-8(10(16)17)4-2-1-3-5-9(15)18-7-6-13-14-12/h8H,1-7,11H2,(H,16,17)/t8-/m0/s1. The minimum atomic E-state index is -1.01. The first kappa shape index (κ1) is 16.2. The summed E-state index contributed by atoms with van der Waals surface area (Å²) in [7, 11) is 0. The molecule has 0 aliphatic heterocycles. The molecule has 8 heteroatoms. The third-order valence-electron chi connectivity index (χ3n) is 2.23. The van der Waals surface area contributed by atoms with E-state index in [-0.39, 0.29) is 25.5 Å². The first-order valence-corrected chi connectivity index (χ1v) is 5.72. The van der Waals surface area contributed by atoms with Gasteiger partial charge in [0.15, 0.2) is 0 Å². The normalized spacial score (nSPS) is 11.4. The molecule has 1 atom stereocenters. The van der Waals surface area contributed by atoms with Gasteiger partial charge in [-0.25, -0.2) is 0 Å². The van der Waals surface area contributed by atoms with Crippen molar-refractivity contribution in [1.82, 2.24) is 0 Å². The molecule has 0 fully saturated rings. The van der Waals surface area contributed by atoms with Crippen LogP contribution in [-0.2, 0) is 14.3 Å². The number of carboxylic acid groups (broad SMARTS) is 1. The minimum Gasteiger partial charge on any atom is -0.480 e. The Bertz CT molecular complexity index is 315. The zero-order chi connectivity index (χ0) is 13.8. The number of rotatable bonds is 10. The highest BCUT2D eigenvalue weighted by atomic mass is 16.5. The maximum atomic E-state index is 11.1. The van der Waals surface area contributed by atoms with Gasteiger partial charge >= 0.3 is 11.9 Å². The molecule has 0 aromatic heterocycles. The number of unbranched alkanes of at least 4 members (excludes halogenated alkanes) is 2. The summed E-state index contributed by atoms with van der Waals surface area (Å²) in [6.07, 6.45) is 2.71. The molecule has 0 radical (unpaired) electrons. The van der Waals surface area contributed by atoms with Gasteiger partial charge in [0.2, 0.25) is 0 Å². The number of carboxylic acids is 1. The molecule has 0 aliphatic carbocycles. The predicted octanol–water partition coefficient (Wildman–Crippen LogP) is 1.20. The van der Waals surface area contributed by atoms with Crippen molar-refractivity contribution >= 4 is 11.9 Å². The van der Waals surface area contributed by atoms with Gasteiger partial charge in [0.05, 0.1) is 13.2 Å². The fourth-order valence-corrected chi connectivity index (χ4v) is 1.25. The van der Waals surface area contributed by atoms with Gasteiger partial charge in [0.1, 0.15) is 6.04 Å². The number of ether oxygens (including phenoxy) is 1. The minimum absolute atomic E-state index is 0.0901. The topological polar surface area (TPSA) is 138 Å². The van der Waals surface area contributed by atoms with E-state index >= 15 is 0 Å². The van der Waals surface area contributed by atoms with E-state index < -0.39 is 12.0 Å². The summed E-state index contributed by atoms with van der Waals surface area (Å²) in [5, 5.41) is 11.8.